The highest BCUT2D eigenvalue weighted by atomic mass is 19.2. The predicted octanol–water partition coefficient (Wildman–Crippen LogP) is 4.09. The molecule has 3 rings (SSSR count). The summed E-state index contributed by atoms with van der Waals surface area (Å²) in [5.41, 5.74) is -0.138. The van der Waals surface area contributed by atoms with Gasteiger partial charge in [-0.1, -0.05) is 13.0 Å². The second-order valence-corrected chi connectivity index (χ2v) is 7.48. The second-order valence-electron chi connectivity index (χ2n) is 7.48. The zero-order valence-electron chi connectivity index (χ0n) is 13.2. The van der Waals surface area contributed by atoms with E-state index in [1.54, 1.807) is 6.07 Å². The van der Waals surface area contributed by atoms with Crippen LogP contribution in [0.3, 0.4) is 0 Å². The van der Waals surface area contributed by atoms with Crippen LogP contribution < -0.4 is 0 Å². The largest absolute Gasteiger partial charge is 0.462 e. The van der Waals surface area contributed by atoms with Gasteiger partial charge in [-0.05, 0) is 57.2 Å². The molecule has 1 heterocycles. The average Bonchev–Trinajstić information content (AvgIpc) is 2.99. The zero-order valence-corrected chi connectivity index (χ0v) is 13.2. The molecule has 1 aromatic carbocycles. The van der Waals surface area contributed by atoms with Crippen LogP contribution >= 0.6 is 0 Å². The van der Waals surface area contributed by atoms with Crippen LogP contribution in [-0.2, 0) is 14.7 Å². The van der Waals surface area contributed by atoms with Crippen LogP contribution in [0, 0.1) is 11.6 Å². The molecule has 1 saturated heterocycles. The van der Waals surface area contributed by atoms with Crippen LogP contribution in [0.5, 0.6) is 0 Å². The van der Waals surface area contributed by atoms with Gasteiger partial charge >= 0.3 is 7.12 Å². The van der Waals surface area contributed by atoms with E-state index in [0.717, 1.165) is 12.0 Å². The van der Waals surface area contributed by atoms with Crippen molar-refractivity contribution in [2.75, 3.05) is 0 Å². The Morgan fingerprint density at radius 3 is 2.10 bits per heavy atom. The summed E-state index contributed by atoms with van der Waals surface area (Å²) in [5.74, 6) is -1.44. The van der Waals surface area contributed by atoms with Crippen molar-refractivity contribution >= 4 is 7.12 Å². The average molecular weight is 294 g/mol. The lowest BCUT2D eigenvalue weighted by molar-refractivity contribution is 0.00578. The lowest BCUT2D eigenvalue weighted by Crippen LogP contribution is -2.41. The first-order valence-corrected chi connectivity index (χ1v) is 7.38. The molecule has 1 aromatic rings. The summed E-state index contributed by atoms with van der Waals surface area (Å²) in [6, 6.07) is 4.14. The van der Waals surface area contributed by atoms with Gasteiger partial charge in [-0.25, -0.2) is 8.78 Å². The van der Waals surface area contributed by atoms with Crippen LogP contribution in [0.2, 0.25) is 5.82 Å². The quantitative estimate of drug-likeness (QED) is 0.765. The van der Waals surface area contributed by atoms with Crippen molar-refractivity contribution in [3.63, 3.8) is 0 Å². The molecule has 2 unspecified atom stereocenters. The molecule has 0 amide bonds. The summed E-state index contributed by atoms with van der Waals surface area (Å²) in [6.07, 6.45) is 0.856. The van der Waals surface area contributed by atoms with E-state index in [4.69, 9.17) is 9.31 Å². The van der Waals surface area contributed by atoms with Crippen LogP contribution in [0.15, 0.2) is 18.2 Å². The van der Waals surface area contributed by atoms with Gasteiger partial charge in [0.05, 0.1) is 11.2 Å². The van der Waals surface area contributed by atoms with Gasteiger partial charge in [0, 0.05) is 5.82 Å². The Kier molecular flexibility index (Phi) is 3.06. The minimum atomic E-state index is -0.810. The fraction of sp³-hybridized carbons (Fsp3) is 0.625. The van der Waals surface area contributed by atoms with Crippen LogP contribution in [-0.4, -0.2) is 18.3 Å². The van der Waals surface area contributed by atoms with Crippen molar-refractivity contribution in [2.24, 2.45) is 0 Å². The van der Waals surface area contributed by atoms with Gasteiger partial charge in [-0.15, -0.1) is 0 Å². The highest BCUT2D eigenvalue weighted by molar-refractivity contribution is 6.49. The van der Waals surface area contributed by atoms with Gasteiger partial charge < -0.3 is 9.31 Å². The Morgan fingerprint density at radius 2 is 1.57 bits per heavy atom. The third-order valence-electron chi connectivity index (χ3n) is 5.48. The molecule has 114 valence electrons. The SMILES string of the molecule is CC1(c2ccc(F)c(F)c2)CC1B1OC(C)(C)C(C)(C)O1. The number of hydrogen-bond donors (Lipinski definition) is 0. The fourth-order valence-corrected chi connectivity index (χ4v) is 3.03. The molecule has 21 heavy (non-hydrogen) atoms. The first-order valence-electron chi connectivity index (χ1n) is 7.38. The maximum atomic E-state index is 13.5. The monoisotopic (exact) mass is 294 g/mol. The molecule has 2 fully saturated rings. The van der Waals surface area contributed by atoms with E-state index in [-0.39, 0.29) is 29.6 Å². The topological polar surface area (TPSA) is 18.5 Å². The predicted molar refractivity (Wildman–Crippen MR) is 78.2 cm³/mol. The molecule has 0 bridgehead atoms. The van der Waals surface area contributed by atoms with E-state index in [0.29, 0.717) is 0 Å². The minimum absolute atomic E-state index is 0.170. The van der Waals surface area contributed by atoms with Crippen LogP contribution in [0.1, 0.15) is 46.6 Å². The standard InChI is InChI=1S/C16H21BF2O2/c1-14(2)15(3,4)21-17(20-14)13-9-16(13,5)10-6-7-11(18)12(19)8-10/h6-8,13H,9H2,1-5H3. The Labute approximate surface area is 125 Å². The molecule has 1 aliphatic carbocycles. The van der Waals surface area contributed by atoms with Crippen molar-refractivity contribution in [3.05, 3.63) is 35.4 Å². The molecule has 1 saturated carbocycles. The van der Waals surface area contributed by atoms with Gasteiger partial charge in [0.15, 0.2) is 11.6 Å². The third-order valence-corrected chi connectivity index (χ3v) is 5.48. The van der Waals surface area contributed by atoms with E-state index in [2.05, 4.69) is 6.92 Å². The Morgan fingerprint density at radius 1 is 1.00 bits per heavy atom. The number of halogens is 2. The molecule has 0 aromatic heterocycles. The molecule has 5 heteroatoms. The summed E-state index contributed by atoms with van der Waals surface area (Å²) in [6.45, 7) is 10.1. The van der Waals surface area contributed by atoms with E-state index in [1.165, 1.54) is 12.1 Å². The molecule has 2 nitrogen and oxygen atoms in total. The highest BCUT2D eigenvalue weighted by Gasteiger charge is 2.65. The van der Waals surface area contributed by atoms with Crippen molar-refractivity contribution in [1.82, 2.24) is 0 Å². The Balaban J connectivity index is 1.81. The summed E-state index contributed by atoms with van der Waals surface area (Å²) in [4.78, 5) is 0. The highest BCUT2D eigenvalue weighted by Crippen LogP contribution is 2.63. The number of hydrogen-bond acceptors (Lipinski definition) is 2. The summed E-state index contributed by atoms with van der Waals surface area (Å²) < 4.78 is 38.7. The van der Waals surface area contributed by atoms with Crippen molar-refractivity contribution in [2.45, 2.75) is 63.5 Å². The Bertz CT molecular complexity index is 572. The van der Waals surface area contributed by atoms with Gasteiger partial charge in [0.1, 0.15) is 0 Å². The molecule has 2 aliphatic rings. The third kappa shape index (κ3) is 2.22. The fourth-order valence-electron chi connectivity index (χ4n) is 3.03. The van der Waals surface area contributed by atoms with Gasteiger partial charge in [0.25, 0.3) is 0 Å². The van der Waals surface area contributed by atoms with E-state index in [9.17, 15) is 8.78 Å². The van der Waals surface area contributed by atoms with Crippen molar-refractivity contribution < 1.29 is 18.1 Å². The van der Waals surface area contributed by atoms with E-state index in [1.807, 2.05) is 27.7 Å². The lowest BCUT2D eigenvalue weighted by atomic mass is 9.75. The molecule has 2 atom stereocenters. The zero-order chi connectivity index (χ0) is 15.6. The maximum Gasteiger partial charge on any atom is 0.462 e. The maximum absolute atomic E-state index is 13.5. The summed E-state index contributed by atoms with van der Waals surface area (Å²) >= 11 is 0. The molecular weight excluding hydrogens is 273 g/mol. The number of benzene rings is 1. The first kappa shape index (κ1) is 15.0. The van der Waals surface area contributed by atoms with Crippen LogP contribution in [0.25, 0.3) is 0 Å². The molecule has 1 aliphatic heterocycles. The minimum Gasteiger partial charge on any atom is -0.403 e. The normalized spacial score (nSPS) is 33.3. The molecular formula is C16H21BF2O2. The Hall–Kier alpha value is -0.935. The lowest BCUT2D eigenvalue weighted by Gasteiger charge is -2.32. The molecule has 0 N–H and O–H groups in total. The number of rotatable bonds is 2. The van der Waals surface area contributed by atoms with Gasteiger partial charge in [-0.2, -0.15) is 0 Å². The van der Waals surface area contributed by atoms with E-state index >= 15 is 0 Å². The van der Waals surface area contributed by atoms with Gasteiger partial charge in [-0.3, -0.25) is 0 Å². The summed E-state index contributed by atoms with van der Waals surface area (Å²) in [5, 5.41) is 0. The molecule has 0 radical (unpaired) electrons. The second kappa shape index (κ2) is 4.29. The van der Waals surface area contributed by atoms with E-state index < -0.39 is 11.6 Å². The van der Waals surface area contributed by atoms with Crippen LogP contribution in [0.4, 0.5) is 8.78 Å². The van der Waals surface area contributed by atoms with Crippen molar-refractivity contribution in [1.29, 1.82) is 0 Å². The van der Waals surface area contributed by atoms with Gasteiger partial charge in [0.2, 0.25) is 0 Å². The molecule has 0 spiro atoms. The first-order chi connectivity index (χ1) is 9.57. The van der Waals surface area contributed by atoms with Crippen molar-refractivity contribution in [3.8, 4) is 0 Å². The smallest absolute Gasteiger partial charge is 0.403 e. The summed E-state index contributed by atoms with van der Waals surface area (Å²) in [7, 11) is -0.298.